The highest BCUT2D eigenvalue weighted by molar-refractivity contribution is 5.43. The van der Waals surface area contributed by atoms with E-state index in [4.69, 9.17) is 10.5 Å². The Bertz CT molecular complexity index is 401. The van der Waals surface area contributed by atoms with Crippen LogP contribution in [-0.4, -0.2) is 13.2 Å². The Hall–Kier alpha value is -1.46. The molecule has 0 aliphatic rings. The number of nitrogens with two attached hydrogens (primary N) is 1. The molecule has 92 valence electrons. The molecule has 0 fully saturated rings. The average molecular weight is 231 g/mol. The smallest absolute Gasteiger partial charge is 0.122 e. The zero-order chi connectivity index (χ0) is 12.5. The highest BCUT2D eigenvalue weighted by Crippen LogP contribution is 2.19. The molecule has 0 radical (unpaired) electrons. The van der Waals surface area contributed by atoms with Crippen LogP contribution in [0.2, 0.25) is 0 Å². The minimum absolute atomic E-state index is 0.397. The predicted octanol–water partition coefficient (Wildman–Crippen LogP) is 2.87. The van der Waals surface area contributed by atoms with E-state index in [0.29, 0.717) is 6.54 Å². The van der Waals surface area contributed by atoms with Crippen LogP contribution >= 0.6 is 0 Å². The lowest BCUT2D eigenvalue weighted by Crippen LogP contribution is -1.99. The fraction of sp³-hybridized carbons (Fsp3) is 0.467. The van der Waals surface area contributed by atoms with Gasteiger partial charge in [0.15, 0.2) is 0 Å². The van der Waals surface area contributed by atoms with E-state index in [2.05, 4.69) is 18.8 Å². The molecule has 2 N–H and O–H groups in total. The summed E-state index contributed by atoms with van der Waals surface area (Å²) < 4.78 is 5.73. The van der Waals surface area contributed by atoms with Crippen LogP contribution in [0.5, 0.6) is 5.75 Å². The molecule has 17 heavy (non-hydrogen) atoms. The maximum Gasteiger partial charge on any atom is 0.122 e. The Morgan fingerprint density at radius 1 is 1.29 bits per heavy atom. The molecule has 0 saturated carbocycles. The quantitative estimate of drug-likeness (QED) is 0.624. The second kappa shape index (κ2) is 7.76. The van der Waals surface area contributed by atoms with Crippen LogP contribution in [0.25, 0.3) is 0 Å². The van der Waals surface area contributed by atoms with Crippen molar-refractivity contribution < 1.29 is 4.74 Å². The summed E-state index contributed by atoms with van der Waals surface area (Å²) in [7, 11) is 0. The van der Waals surface area contributed by atoms with Crippen LogP contribution in [0.4, 0.5) is 0 Å². The number of ether oxygens (including phenoxy) is 1. The zero-order valence-electron chi connectivity index (χ0n) is 10.8. The third-order valence-corrected chi connectivity index (χ3v) is 2.52. The normalized spacial score (nSPS) is 9.59. The lowest BCUT2D eigenvalue weighted by Gasteiger charge is -2.08. The molecule has 0 aliphatic carbocycles. The summed E-state index contributed by atoms with van der Waals surface area (Å²) >= 11 is 0. The topological polar surface area (TPSA) is 35.2 Å². The maximum atomic E-state index is 5.73. The molecule has 2 nitrogen and oxygen atoms in total. The van der Waals surface area contributed by atoms with Gasteiger partial charge in [0.05, 0.1) is 13.2 Å². The molecular formula is C15H21NO. The fourth-order valence-electron chi connectivity index (χ4n) is 1.58. The third-order valence-electron chi connectivity index (χ3n) is 2.52. The van der Waals surface area contributed by atoms with E-state index < -0.39 is 0 Å². The first-order chi connectivity index (χ1) is 8.27. The summed E-state index contributed by atoms with van der Waals surface area (Å²) in [6.07, 6.45) is 3.56. The van der Waals surface area contributed by atoms with Crippen LogP contribution in [-0.2, 0) is 0 Å². The lowest BCUT2D eigenvalue weighted by atomic mass is 10.1. The van der Waals surface area contributed by atoms with Crippen LogP contribution in [0.15, 0.2) is 18.2 Å². The molecule has 0 atom stereocenters. The van der Waals surface area contributed by atoms with Gasteiger partial charge in [-0.1, -0.05) is 31.6 Å². The molecular weight excluding hydrogens is 210 g/mol. The second-order valence-electron chi connectivity index (χ2n) is 4.04. The van der Waals surface area contributed by atoms with E-state index in [0.717, 1.165) is 29.9 Å². The Morgan fingerprint density at radius 2 is 2.12 bits per heavy atom. The minimum atomic E-state index is 0.397. The van der Waals surface area contributed by atoms with Crippen molar-refractivity contribution in [3.63, 3.8) is 0 Å². The van der Waals surface area contributed by atoms with E-state index in [-0.39, 0.29) is 0 Å². The fourth-order valence-corrected chi connectivity index (χ4v) is 1.58. The summed E-state index contributed by atoms with van der Waals surface area (Å²) in [6.45, 7) is 5.43. The summed E-state index contributed by atoms with van der Waals surface area (Å²) in [5.41, 5.74) is 7.46. The van der Waals surface area contributed by atoms with Gasteiger partial charge in [-0.25, -0.2) is 0 Å². The van der Waals surface area contributed by atoms with Crippen molar-refractivity contribution in [3.05, 3.63) is 29.3 Å². The Kier molecular flexibility index (Phi) is 6.21. The van der Waals surface area contributed by atoms with Crippen LogP contribution in [0.1, 0.15) is 37.3 Å². The van der Waals surface area contributed by atoms with Crippen LogP contribution < -0.4 is 10.5 Å². The molecule has 1 aromatic rings. The van der Waals surface area contributed by atoms with Gasteiger partial charge in [0, 0.05) is 5.56 Å². The molecule has 0 amide bonds. The van der Waals surface area contributed by atoms with E-state index in [1.165, 1.54) is 12.8 Å². The van der Waals surface area contributed by atoms with Gasteiger partial charge < -0.3 is 10.5 Å². The molecule has 1 rings (SSSR count). The molecule has 0 saturated heterocycles. The predicted molar refractivity (Wildman–Crippen MR) is 72.1 cm³/mol. The van der Waals surface area contributed by atoms with E-state index in [9.17, 15) is 0 Å². The van der Waals surface area contributed by atoms with Gasteiger partial charge in [-0.15, -0.1) is 0 Å². The average Bonchev–Trinajstić information content (AvgIpc) is 2.34. The van der Waals surface area contributed by atoms with Gasteiger partial charge in [0.2, 0.25) is 0 Å². The van der Waals surface area contributed by atoms with Crippen molar-refractivity contribution in [1.82, 2.24) is 0 Å². The SMILES string of the molecule is CCCCCOc1ccc(C#CCN)cc1C. The molecule has 1 aromatic carbocycles. The Labute approximate surface area is 104 Å². The van der Waals surface area contributed by atoms with Crippen molar-refractivity contribution in [2.75, 3.05) is 13.2 Å². The summed E-state index contributed by atoms with van der Waals surface area (Å²) in [6, 6.07) is 6.00. The summed E-state index contributed by atoms with van der Waals surface area (Å²) in [5.74, 6) is 6.82. The molecule has 0 bridgehead atoms. The first-order valence-electron chi connectivity index (χ1n) is 6.20. The number of aryl methyl sites for hydroxylation is 1. The molecule has 0 spiro atoms. The van der Waals surface area contributed by atoms with E-state index >= 15 is 0 Å². The second-order valence-corrected chi connectivity index (χ2v) is 4.04. The summed E-state index contributed by atoms with van der Waals surface area (Å²) in [5, 5.41) is 0. The zero-order valence-corrected chi connectivity index (χ0v) is 10.8. The van der Waals surface area contributed by atoms with Gasteiger partial charge in [-0.3, -0.25) is 0 Å². The summed E-state index contributed by atoms with van der Waals surface area (Å²) in [4.78, 5) is 0. The third kappa shape index (κ3) is 4.93. The van der Waals surface area contributed by atoms with Crippen molar-refractivity contribution in [3.8, 4) is 17.6 Å². The number of unbranched alkanes of at least 4 members (excludes halogenated alkanes) is 2. The van der Waals surface area contributed by atoms with Gasteiger partial charge in [0.25, 0.3) is 0 Å². The Morgan fingerprint density at radius 3 is 2.76 bits per heavy atom. The molecule has 2 heteroatoms. The minimum Gasteiger partial charge on any atom is -0.493 e. The van der Waals surface area contributed by atoms with Crippen molar-refractivity contribution in [2.24, 2.45) is 5.73 Å². The highest BCUT2D eigenvalue weighted by Gasteiger charge is 1.99. The van der Waals surface area contributed by atoms with Crippen LogP contribution in [0.3, 0.4) is 0 Å². The number of hydrogen-bond donors (Lipinski definition) is 1. The monoisotopic (exact) mass is 231 g/mol. The van der Waals surface area contributed by atoms with Gasteiger partial charge in [-0.05, 0) is 37.1 Å². The highest BCUT2D eigenvalue weighted by atomic mass is 16.5. The first-order valence-corrected chi connectivity index (χ1v) is 6.20. The molecule has 0 aromatic heterocycles. The van der Waals surface area contributed by atoms with E-state index in [1.54, 1.807) is 0 Å². The molecule has 0 heterocycles. The van der Waals surface area contributed by atoms with Gasteiger partial charge in [-0.2, -0.15) is 0 Å². The number of rotatable bonds is 5. The molecule has 0 aliphatic heterocycles. The van der Waals surface area contributed by atoms with Crippen molar-refractivity contribution in [2.45, 2.75) is 33.1 Å². The number of benzene rings is 1. The van der Waals surface area contributed by atoms with E-state index in [1.807, 2.05) is 25.1 Å². The van der Waals surface area contributed by atoms with Crippen LogP contribution in [0, 0.1) is 18.8 Å². The molecule has 0 unspecified atom stereocenters. The first kappa shape index (κ1) is 13.6. The van der Waals surface area contributed by atoms with Gasteiger partial charge in [0.1, 0.15) is 5.75 Å². The van der Waals surface area contributed by atoms with Crippen molar-refractivity contribution >= 4 is 0 Å². The maximum absolute atomic E-state index is 5.73. The standard InChI is InChI=1S/C15H21NO/c1-3-4-5-11-17-15-9-8-14(7-6-10-16)12-13(15)2/h8-9,12H,3-5,10-11,16H2,1-2H3. The lowest BCUT2D eigenvalue weighted by molar-refractivity contribution is 0.304. The largest absolute Gasteiger partial charge is 0.493 e. The number of hydrogen-bond acceptors (Lipinski definition) is 2. The van der Waals surface area contributed by atoms with Gasteiger partial charge >= 0.3 is 0 Å². The van der Waals surface area contributed by atoms with Crippen molar-refractivity contribution in [1.29, 1.82) is 0 Å². The Balaban J connectivity index is 2.57.